The Morgan fingerprint density at radius 3 is 2.36 bits per heavy atom. The zero-order valence-electron chi connectivity index (χ0n) is 14.8. The Balaban J connectivity index is 0.00000312. The van der Waals surface area contributed by atoms with Crippen LogP contribution in [0.2, 0.25) is 0 Å². The van der Waals surface area contributed by atoms with Crippen molar-refractivity contribution in [3.05, 3.63) is 29.8 Å². The first-order valence-corrected chi connectivity index (χ1v) is 10.2. The molecule has 6 nitrogen and oxygen atoms in total. The summed E-state index contributed by atoms with van der Waals surface area (Å²) in [7, 11) is -3.14. The van der Waals surface area contributed by atoms with Crippen molar-refractivity contribution in [2.75, 3.05) is 32.5 Å². The van der Waals surface area contributed by atoms with Crippen LogP contribution in [0.5, 0.6) is 0 Å². The van der Waals surface area contributed by atoms with E-state index in [-0.39, 0.29) is 36.0 Å². The summed E-state index contributed by atoms with van der Waals surface area (Å²) in [5, 5.41) is 15.8. The lowest BCUT2D eigenvalue weighted by atomic mass is 10.1. The molecule has 1 saturated carbocycles. The van der Waals surface area contributed by atoms with Crippen molar-refractivity contribution in [2.24, 2.45) is 10.4 Å². The van der Waals surface area contributed by atoms with Crippen LogP contribution in [0.4, 0.5) is 0 Å². The molecular weight excluding hydrogens is 453 g/mol. The van der Waals surface area contributed by atoms with E-state index < -0.39 is 9.84 Å². The van der Waals surface area contributed by atoms with Gasteiger partial charge >= 0.3 is 0 Å². The fraction of sp³-hybridized carbons (Fsp3) is 0.588. The standard InChI is InChI=1S/C17H27N3O3S.HI/c1-3-18-16(20-12-17(13-21)9-10-17)19-11-8-14-4-6-15(7-5-14)24(2,22)23;/h4-7,21H,3,8-13H2,1-2H3,(H2,18,19,20);1H. The normalized spacial score (nSPS) is 16.0. The van der Waals surface area contributed by atoms with Crippen molar-refractivity contribution in [3.8, 4) is 0 Å². The summed E-state index contributed by atoms with van der Waals surface area (Å²) in [6.07, 6.45) is 4.07. The molecule has 1 fully saturated rings. The second-order valence-electron chi connectivity index (χ2n) is 6.45. The van der Waals surface area contributed by atoms with Crippen LogP contribution in [0.25, 0.3) is 0 Å². The molecule has 0 radical (unpaired) electrons. The van der Waals surface area contributed by atoms with E-state index in [1.54, 1.807) is 12.1 Å². The molecule has 0 atom stereocenters. The van der Waals surface area contributed by atoms with Gasteiger partial charge in [-0.2, -0.15) is 0 Å². The lowest BCUT2D eigenvalue weighted by Crippen LogP contribution is -2.38. The number of hydrogen-bond acceptors (Lipinski definition) is 4. The van der Waals surface area contributed by atoms with Crippen molar-refractivity contribution in [1.82, 2.24) is 10.6 Å². The van der Waals surface area contributed by atoms with E-state index in [2.05, 4.69) is 15.6 Å². The first-order chi connectivity index (χ1) is 11.4. The number of hydrogen-bond donors (Lipinski definition) is 3. The maximum absolute atomic E-state index is 11.4. The van der Waals surface area contributed by atoms with Crippen molar-refractivity contribution in [1.29, 1.82) is 0 Å². The molecule has 1 aromatic rings. The van der Waals surface area contributed by atoms with Gasteiger partial charge in [-0.25, -0.2) is 8.42 Å². The van der Waals surface area contributed by atoms with E-state index in [0.717, 1.165) is 37.3 Å². The van der Waals surface area contributed by atoms with Gasteiger partial charge in [0.25, 0.3) is 0 Å². The van der Waals surface area contributed by atoms with E-state index >= 15 is 0 Å². The van der Waals surface area contributed by atoms with Crippen molar-refractivity contribution < 1.29 is 13.5 Å². The molecule has 2 rings (SSSR count). The summed E-state index contributed by atoms with van der Waals surface area (Å²) in [6, 6.07) is 6.96. The highest BCUT2D eigenvalue weighted by Crippen LogP contribution is 2.45. The lowest BCUT2D eigenvalue weighted by Gasteiger charge is -2.13. The molecule has 1 aliphatic carbocycles. The van der Waals surface area contributed by atoms with Crippen LogP contribution in [0.1, 0.15) is 25.3 Å². The highest BCUT2D eigenvalue weighted by atomic mass is 127. The number of benzene rings is 1. The monoisotopic (exact) mass is 481 g/mol. The van der Waals surface area contributed by atoms with Gasteiger partial charge in [-0.1, -0.05) is 12.1 Å². The van der Waals surface area contributed by atoms with E-state index in [4.69, 9.17) is 0 Å². The van der Waals surface area contributed by atoms with Gasteiger partial charge in [0, 0.05) is 24.8 Å². The average molecular weight is 481 g/mol. The fourth-order valence-electron chi connectivity index (χ4n) is 2.36. The van der Waals surface area contributed by atoms with Crippen LogP contribution in [0.3, 0.4) is 0 Å². The first kappa shape index (κ1) is 22.2. The minimum Gasteiger partial charge on any atom is -0.396 e. The second kappa shape index (κ2) is 9.72. The Morgan fingerprint density at radius 1 is 1.24 bits per heavy atom. The van der Waals surface area contributed by atoms with Gasteiger partial charge in [0.05, 0.1) is 18.0 Å². The van der Waals surface area contributed by atoms with Gasteiger partial charge in [-0.3, -0.25) is 4.99 Å². The van der Waals surface area contributed by atoms with Crippen molar-refractivity contribution in [2.45, 2.75) is 31.1 Å². The average Bonchev–Trinajstić information content (AvgIpc) is 3.33. The molecule has 25 heavy (non-hydrogen) atoms. The van der Waals surface area contributed by atoms with Crippen LogP contribution in [-0.2, 0) is 16.3 Å². The maximum atomic E-state index is 11.4. The summed E-state index contributed by atoms with van der Waals surface area (Å²) < 4.78 is 22.9. The fourth-order valence-corrected chi connectivity index (χ4v) is 2.99. The molecule has 142 valence electrons. The molecule has 8 heteroatoms. The first-order valence-electron chi connectivity index (χ1n) is 8.31. The molecule has 0 unspecified atom stereocenters. The number of nitrogens with zero attached hydrogens (tertiary/aromatic N) is 1. The third kappa shape index (κ3) is 7.10. The SMILES string of the molecule is CCNC(=NCC1(CO)CC1)NCCc1ccc(S(C)(=O)=O)cc1.I. The summed E-state index contributed by atoms with van der Waals surface area (Å²) >= 11 is 0. The molecule has 0 aromatic heterocycles. The molecule has 1 aliphatic rings. The molecular formula is C17H28IN3O3S. The molecule has 0 aliphatic heterocycles. The third-order valence-corrected chi connectivity index (χ3v) is 5.40. The Bertz CT molecular complexity index is 671. The topological polar surface area (TPSA) is 90.8 Å². The maximum Gasteiger partial charge on any atom is 0.191 e. The molecule has 3 N–H and O–H groups in total. The smallest absolute Gasteiger partial charge is 0.191 e. The van der Waals surface area contributed by atoms with Gasteiger partial charge in [-0.05, 0) is 43.9 Å². The number of nitrogens with one attached hydrogen (secondary N) is 2. The van der Waals surface area contributed by atoms with Crippen LogP contribution >= 0.6 is 24.0 Å². The van der Waals surface area contributed by atoms with Gasteiger partial charge in [0.2, 0.25) is 0 Å². The molecule has 1 aromatic carbocycles. The van der Waals surface area contributed by atoms with E-state index in [0.29, 0.717) is 18.0 Å². The Hall–Kier alpha value is -0.870. The van der Waals surface area contributed by atoms with E-state index in [1.165, 1.54) is 6.26 Å². The molecule has 0 saturated heterocycles. The molecule has 0 bridgehead atoms. The van der Waals surface area contributed by atoms with Gasteiger partial charge in [0.1, 0.15) is 0 Å². The highest BCUT2D eigenvalue weighted by molar-refractivity contribution is 14.0. The Labute approximate surface area is 167 Å². The van der Waals surface area contributed by atoms with Crippen LogP contribution in [0.15, 0.2) is 34.2 Å². The molecule has 0 amide bonds. The number of aliphatic hydroxyl groups excluding tert-OH is 1. The summed E-state index contributed by atoms with van der Waals surface area (Å²) in [6.45, 7) is 4.34. The quantitative estimate of drug-likeness (QED) is 0.298. The Kier molecular flexibility index (Phi) is 8.62. The number of halogens is 1. The van der Waals surface area contributed by atoms with Gasteiger partial charge < -0.3 is 15.7 Å². The minimum atomic E-state index is -3.14. The highest BCUT2D eigenvalue weighted by Gasteiger charge is 2.41. The van der Waals surface area contributed by atoms with Crippen molar-refractivity contribution in [3.63, 3.8) is 0 Å². The molecule has 0 spiro atoms. The summed E-state index contributed by atoms with van der Waals surface area (Å²) in [5.74, 6) is 0.755. The van der Waals surface area contributed by atoms with Gasteiger partial charge in [0.15, 0.2) is 15.8 Å². The summed E-state index contributed by atoms with van der Waals surface area (Å²) in [5.41, 5.74) is 1.07. The van der Waals surface area contributed by atoms with Crippen molar-refractivity contribution >= 4 is 39.8 Å². The number of sulfone groups is 1. The van der Waals surface area contributed by atoms with E-state index in [9.17, 15) is 13.5 Å². The van der Waals surface area contributed by atoms with Gasteiger partial charge in [-0.15, -0.1) is 24.0 Å². The number of aliphatic imine (C=N–C) groups is 1. The Morgan fingerprint density at radius 2 is 1.88 bits per heavy atom. The largest absolute Gasteiger partial charge is 0.396 e. The zero-order chi connectivity index (χ0) is 17.6. The number of guanidine groups is 1. The van der Waals surface area contributed by atoms with Crippen LogP contribution in [0, 0.1) is 5.41 Å². The predicted octanol–water partition coefficient (Wildman–Crippen LogP) is 1.58. The van der Waals surface area contributed by atoms with Crippen LogP contribution in [-0.4, -0.2) is 52.0 Å². The van der Waals surface area contributed by atoms with Crippen LogP contribution < -0.4 is 10.6 Å². The number of rotatable bonds is 8. The second-order valence-corrected chi connectivity index (χ2v) is 8.46. The van der Waals surface area contributed by atoms with E-state index in [1.807, 2.05) is 19.1 Å². The summed E-state index contributed by atoms with van der Waals surface area (Å²) in [4.78, 5) is 4.89. The zero-order valence-corrected chi connectivity index (χ0v) is 17.9. The number of aliphatic hydroxyl groups is 1. The third-order valence-electron chi connectivity index (χ3n) is 4.27. The minimum absolute atomic E-state index is 0. The predicted molar refractivity (Wildman–Crippen MR) is 111 cm³/mol. The lowest BCUT2D eigenvalue weighted by molar-refractivity contribution is 0.217. The molecule has 0 heterocycles.